The number of carbonyl (C=O) groups excluding carboxylic acids is 2. The van der Waals surface area contributed by atoms with E-state index in [1.165, 1.54) is 0 Å². The topological polar surface area (TPSA) is 70.4 Å². The van der Waals surface area contributed by atoms with Crippen molar-refractivity contribution >= 4 is 27.8 Å². The Kier molecular flexibility index (Phi) is 5.86. The third-order valence-corrected chi connectivity index (χ3v) is 6.09. The molecule has 1 saturated heterocycles. The van der Waals surface area contributed by atoms with Gasteiger partial charge in [-0.15, -0.1) is 0 Å². The first kappa shape index (κ1) is 20.9. The number of ketones is 1. The number of ether oxygens (including phenoxy) is 1. The number of piperidine rings is 1. The Morgan fingerprint density at radius 3 is 2.57 bits per heavy atom. The van der Waals surface area contributed by atoms with Gasteiger partial charge in [0, 0.05) is 23.4 Å². The van der Waals surface area contributed by atoms with Crippen molar-refractivity contribution in [3.63, 3.8) is 0 Å². The predicted molar refractivity (Wildman–Crippen MR) is 110 cm³/mol. The lowest BCUT2D eigenvalue weighted by Gasteiger charge is -2.36. The summed E-state index contributed by atoms with van der Waals surface area (Å²) in [4.78, 5) is 27.3. The molecule has 0 radical (unpaired) electrons. The van der Waals surface area contributed by atoms with Crippen LogP contribution in [0.4, 0.5) is 4.79 Å². The number of likely N-dealkylation sites (tertiary alicyclic amines) is 1. The Morgan fingerprint density at radius 1 is 1.29 bits per heavy atom. The minimum Gasteiger partial charge on any atom is -0.444 e. The van der Waals surface area contributed by atoms with Crippen molar-refractivity contribution in [2.45, 2.75) is 70.4 Å². The number of nitriles is 1. The highest BCUT2D eigenvalue weighted by molar-refractivity contribution is 9.10. The van der Waals surface area contributed by atoms with Crippen molar-refractivity contribution < 1.29 is 14.3 Å². The minimum atomic E-state index is -0.651. The lowest BCUT2D eigenvalue weighted by Crippen LogP contribution is -2.50. The first-order valence-corrected chi connectivity index (χ1v) is 10.6. The number of Topliss-reactive ketones (excluding diaryl/α,β-unsaturated/α-hetero) is 1. The maximum absolute atomic E-state index is 13.1. The van der Waals surface area contributed by atoms with E-state index in [1.807, 2.05) is 45.0 Å². The monoisotopic (exact) mass is 446 g/mol. The van der Waals surface area contributed by atoms with Crippen molar-refractivity contribution in [1.29, 1.82) is 5.26 Å². The molecule has 0 bridgehead atoms. The van der Waals surface area contributed by atoms with Crippen LogP contribution in [0.25, 0.3) is 0 Å². The van der Waals surface area contributed by atoms with Crippen LogP contribution in [-0.2, 0) is 9.53 Å². The molecule has 2 fully saturated rings. The average Bonchev–Trinajstić information content (AvgIpc) is 3.35. The van der Waals surface area contributed by atoms with Crippen LogP contribution in [-0.4, -0.2) is 35.0 Å². The number of halogens is 1. The number of carbonyl (C=O) groups is 2. The minimum absolute atomic E-state index is 0.0216. The summed E-state index contributed by atoms with van der Waals surface area (Å²) in [6, 6.07) is 9.85. The van der Waals surface area contributed by atoms with Crippen molar-refractivity contribution in [1.82, 2.24) is 4.90 Å². The van der Waals surface area contributed by atoms with E-state index in [2.05, 4.69) is 22.0 Å². The molecular weight excluding hydrogens is 420 g/mol. The quantitative estimate of drug-likeness (QED) is 0.637. The van der Waals surface area contributed by atoms with E-state index in [-0.39, 0.29) is 18.1 Å². The van der Waals surface area contributed by atoms with Gasteiger partial charge in [0.15, 0.2) is 5.78 Å². The molecule has 3 rings (SSSR count). The molecule has 0 unspecified atom stereocenters. The number of hydrogen-bond acceptors (Lipinski definition) is 4. The number of nitrogens with zero attached hydrogens (tertiary/aromatic N) is 2. The second-order valence-corrected chi connectivity index (χ2v) is 9.82. The van der Waals surface area contributed by atoms with E-state index in [9.17, 15) is 14.9 Å². The molecule has 5 nitrogen and oxygen atoms in total. The third kappa shape index (κ3) is 4.57. The molecule has 0 N–H and O–H groups in total. The zero-order valence-electron chi connectivity index (χ0n) is 16.7. The Balaban J connectivity index is 1.70. The fourth-order valence-electron chi connectivity index (χ4n) is 4.03. The summed E-state index contributed by atoms with van der Waals surface area (Å²) in [5.74, 6) is 0.0554. The van der Waals surface area contributed by atoms with Crippen molar-refractivity contribution in [2.75, 3.05) is 6.54 Å². The Labute approximate surface area is 175 Å². The van der Waals surface area contributed by atoms with Gasteiger partial charge in [0.05, 0.1) is 17.5 Å². The highest BCUT2D eigenvalue weighted by Gasteiger charge is 2.57. The first-order valence-electron chi connectivity index (χ1n) is 9.84. The molecular formula is C22H27BrN2O3. The Bertz CT molecular complexity index is 793. The Hall–Kier alpha value is -1.87. The molecule has 1 aliphatic heterocycles. The van der Waals surface area contributed by atoms with Crippen LogP contribution >= 0.6 is 15.9 Å². The second kappa shape index (κ2) is 7.87. The fourth-order valence-corrected chi connectivity index (χ4v) is 4.29. The summed E-state index contributed by atoms with van der Waals surface area (Å²) in [5.41, 5.74) is -0.161. The van der Waals surface area contributed by atoms with Gasteiger partial charge in [0.1, 0.15) is 5.60 Å². The summed E-state index contributed by atoms with van der Waals surface area (Å²) in [5, 5.41) is 9.80. The van der Waals surface area contributed by atoms with Gasteiger partial charge in [-0.3, -0.25) is 9.69 Å². The maximum Gasteiger partial charge on any atom is 0.410 e. The average molecular weight is 447 g/mol. The zero-order chi connectivity index (χ0) is 20.5. The predicted octanol–water partition coefficient (Wildman–Crippen LogP) is 5.20. The van der Waals surface area contributed by atoms with Crippen LogP contribution in [0.2, 0.25) is 0 Å². The van der Waals surface area contributed by atoms with Gasteiger partial charge in [0.2, 0.25) is 0 Å². The van der Waals surface area contributed by atoms with Crippen molar-refractivity contribution in [3.8, 4) is 6.07 Å². The highest BCUT2D eigenvalue weighted by atomic mass is 79.9. The summed E-state index contributed by atoms with van der Waals surface area (Å²) in [6.45, 7) is 6.00. The van der Waals surface area contributed by atoms with E-state index in [0.29, 0.717) is 19.4 Å². The number of rotatable bonds is 4. The molecule has 1 saturated carbocycles. The highest BCUT2D eigenvalue weighted by Crippen LogP contribution is 2.61. The van der Waals surface area contributed by atoms with E-state index in [4.69, 9.17) is 4.74 Å². The normalized spacial score (nSPS) is 27.0. The molecule has 28 heavy (non-hydrogen) atoms. The van der Waals surface area contributed by atoms with Gasteiger partial charge in [-0.25, -0.2) is 4.79 Å². The van der Waals surface area contributed by atoms with E-state index in [1.54, 1.807) is 4.90 Å². The van der Waals surface area contributed by atoms with Crippen LogP contribution in [0, 0.1) is 16.7 Å². The molecule has 150 valence electrons. The van der Waals surface area contributed by atoms with E-state index in [0.717, 1.165) is 22.9 Å². The van der Waals surface area contributed by atoms with Crippen molar-refractivity contribution in [3.05, 3.63) is 34.3 Å². The van der Waals surface area contributed by atoms with Gasteiger partial charge >= 0.3 is 6.09 Å². The molecule has 1 aromatic rings. The van der Waals surface area contributed by atoms with E-state index >= 15 is 0 Å². The lowest BCUT2D eigenvalue weighted by atomic mass is 9.89. The SMILES string of the molecule is CC(C)(C)OC(=O)N1CCCC[C@H]1C(=O)C[C@]1(C#N)C[C@@H]1c1ccc(Br)cc1. The Morgan fingerprint density at radius 2 is 1.96 bits per heavy atom. The smallest absolute Gasteiger partial charge is 0.410 e. The molecule has 1 heterocycles. The zero-order valence-corrected chi connectivity index (χ0v) is 18.3. The van der Waals surface area contributed by atoms with Gasteiger partial charge < -0.3 is 4.74 Å². The fraction of sp³-hybridized carbons (Fsp3) is 0.591. The largest absolute Gasteiger partial charge is 0.444 e. The van der Waals surface area contributed by atoms with Crippen LogP contribution in [0.1, 0.15) is 64.4 Å². The lowest BCUT2D eigenvalue weighted by molar-refractivity contribution is -0.126. The summed E-state index contributed by atoms with van der Waals surface area (Å²) < 4.78 is 6.49. The standard InChI is InChI=1S/C22H27BrN2O3/c1-21(2,3)28-20(27)25-11-5-4-6-18(25)19(26)13-22(14-24)12-17(22)15-7-9-16(23)10-8-15/h7-10,17-18H,4-6,11-13H2,1-3H3/t17-,18+,22+/m1/s1. The second-order valence-electron chi connectivity index (χ2n) is 8.90. The van der Waals surface area contributed by atoms with Crippen LogP contribution in [0.3, 0.4) is 0 Å². The van der Waals surface area contributed by atoms with Gasteiger partial charge in [-0.05, 0) is 64.2 Å². The first-order chi connectivity index (χ1) is 13.1. The molecule has 0 aromatic heterocycles. The van der Waals surface area contributed by atoms with Crippen LogP contribution < -0.4 is 0 Å². The number of hydrogen-bond donors (Lipinski definition) is 0. The molecule has 1 amide bonds. The number of amides is 1. The van der Waals surface area contributed by atoms with Crippen molar-refractivity contribution in [2.24, 2.45) is 5.41 Å². The third-order valence-electron chi connectivity index (χ3n) is 5.56. The van der Waals surface area contributed by atoms with E-state index < -0.39 is 23.2 Å². The molecule has 1 aliphatic carbocycles. The van der Waals surface area contributed by atoms with Crippen LogP contribution in [0.15, 0.2) is 28.7 Å². The summed E-state index contributed by atoms with van der Waals surface area (Å²) >= 11 is 3.43. The molecule has 6 heteroatoms. The molecule has 2 aliphatic rings. The van der Waals surface area contributed by atoms with Gasteiger partial charge in [0.25, 0.3) is 0 Å². The van der Waals surface area contributed by atoms with Crippen LogP contribution in [0.5, 0.6) is 0 Å². The van der Waals surface area contributed by atoms with Gasteiger partial charge in [-0.2, -0.15) is 5.26 Å². The number of benzene rings is 1. The molecule has 3 atom stereocenters. The molecule has 0 spiro atoms. The summed E-state index contributed by atoms with van der Waals surface area (Å²) in [6.07, 6.45) is 2.86. The summed E-state index contributed by atoms with van der Waals surface area (Å²) in [7, 11) is 0. The van der Waals surface area contributed by atoms with Gasteiger partial charge in [-0.1, -0.05) is 28.1 Å². The molecule has 1 aromatic carbocycles. The maximum atomic E-state index is 13.1.